The Hall–Kier alpha value is -2.68. The number of anilines is 1. The number of benzene rings is 2. The van der Waals surface area contributed by atoms with Crippen molar-refractivity contribution in [2.75, 3.05) is 4.90 Å². The van der Waals surface area contributed by atoms with Crippen molar-refractivity contribution in [3.8, 4) is 0 Å². The lowest BCUT2D eigenvalue weighted by molar-refractivity contribution is -0.113. The van der Waals surface area contributed by atoms with E-state index >= 15 is 0 Å². The van der Waals surface area contributed by atoms with Gasteiger partial charge in [0.05, 0.1) is 17.8 Å². The van der Waals surface area contributed by atoms with Gasteiger partial charge in [-0.05, 0) is 17.7 Å². The van der Waals surface area contributed by atoms with Crippen LogP contribution in [0.2, 0.25) is 0 Å². The fourth-order valence-corrected chi connectivity index (χ4v) is 2.46. The van der Waals surface area contributed by atoms with Crippen molar-refractivity contribution >= 4 is 23.5 Å². The number of carbonyl (C=O) groups excluding carboxylic acids is 2. The van der Waals surface area contributed by atoms with Crippen molar-refractivity contribution in [1.29, 1.82) is 0 Å². The fraction of sp³-hybridized carbons (Fsp3) is 0.0588. The van der Waals surface area contributed by atoms with E-state index in [0.717, 1.165) is 16.8 Å². The van der Waals surface area contributed by atoms with Crippen LogP contribution in [0.15, 0.2) is 60.7 Å². The molecular formula is C17H13NO2. The summed E-state index contributed by atoms with van der Waals surface area (Å²) in [7, 11) is 0. The van der Waals surface area contributed by atoms with E-state index in [-0.39, 0.29) is 5.91 Å². The Morgan fingerprint density at radius 3 is 2.40 bits per heavy atom. The van der Waals surface area contributed by atoms with Gasteiger partial charge in [-0.15, -0.1) is 0 Å². The van der Waals surface area contributed by atoms with E-state index in [2.05, 4.69) is 0 Å². The molecule has 0 unspecified atom stereocenters. The number of para-hydroxylation sites is 1. The Labute approximate surface area is 117 Å². The lowest BCUT2D eigenvalue weighted by Gasteiger charge is -2.17. The summed E-state index contributed by atoms with van der Waals surface area (Å²) in [6.45, 7) is 0.507. The molecule has 0 saturated carbocycles. The normalized spacial score (nSPS) is 15.5. The van der Waals surface area contributed by atoms with Gasteiger partial charge in [0.15, 0.2) is 0 Å². The SMILES string of the molecule is O=C/C=C1/C(=O)N(Cc2ccccc2)c2ccccc21. The van der Waals surface area contributed by atoms with Crippen LogP contribution in [-0.2, 0) is 16.1 Å². The molecule has 1 aliphatic rings. The molecule has 20 heavy (non-hydrogen) atoms. The van der Waals surface area contributed by atoms with Crippen molar-refractivity contribution in [3.63, 3.8) is 0 Å². The highest BCUT2D eigenvalue weighted by atomic mass is 16.2. The van der Waals surface area contributed by atoms with Gasteiger partial charge in [0.25, 0.3) is 5.91 Å². The molecule has 3 rings (SSSR count). The Morgan fingerprint density at radius 2 is 1.65 bits per heavy atom. The topological polar surface area (TPSA) is 37.4 Å². The second-order valence-corrected chi connectivity index (χ2v) is 4.61. The lowest BCUT2D eigenvalue weighted by atomic mass is 10.1. The third-order valence-electron chi connectivity index (χ3n) is 3.38. The molecule has 0 aliphatic carbocycles. The first-order chi connectivity index (χ1) is 9.81. The van der Waals surface area contributed by atoms with E-state index in [1.54, 1.807) is 4.90 Å². The first-order valence-corrected chi connectivity index (χ1v) is 6.42. The molecule has 0 fully saturated rings. The van der Waals surface area contributed by atoms with Crippen molar-refractivity contribution < 1.29 is 9.59 Å². The Balaban J connectivity index is 2.02. The summed E-state index contributed by atoms with van der Waals surface area (Å²) in [5, 5.41) is 0. The van der Waals surface area contributed by atoms with Gasteiger partial charge >= 0.3 is 0 Å². The van der Waals surface area contributed by atoms with Crippen LogP contribution in [0.5, 0.6) is 0 Å². The molecule has 1 aliphatic heterocycles. The average molecular weight is 263 g/mol. The number of amides is 1. The minimum atomic E-state index is -0.123. The first-order valence-electron chi connectivity index (χ1n) is 6.42. The molecule has 3 nitrogen and oxygen atoms in total. The van der Waals surface area contributed by atoms with Gasteiger partial charge in [-0.3, -0.25) is 9.59 Å². The maximum atomic E-state index is 12.5. The maximum Gasteiger partial charge on any atom is 0.259 e. The third-order valence-corrected chi connectivity index (χ3v) is 3.38. The van der Waals surface area contributed by atoms with Crippen LogP contribution < -0.4 is 4.90 Å². The molecule has 1 heterocycles. The predicted molar refractivity (Wildman–Crippen MR) is 78.1 cm³/mol. The molecule has 0 saturated heterocycles. The van der Waals surface area contributed by atoms with Crippen molar-refractivity contribution in [1.82, 2.24) is 0 Å². The third kappa shape index (κ3) is 2.03. The molecule has 2 aromatic rings. The van der Waals surface area contributed by atoms with Crippen molar-refractivity contribution in [2.24, 2.45) is 0 Å². The van der Waals surface area contributed by atoms with E-state index in [1.807, 2.05) is 54.6 Å². The van der Waals surface area contributed by atoms with Crippen LogP contribution in [0, 0.1) is 0 Å². The van der Waals surface area contributed by atoms with Gasteiger partial charge in [0.1, 0.15) is 6.29 Å². The number of carbonyl (C=O) groups is 2. The predicted octanol–water partition coefficient (Wildman–Crippen LogP) is 2.82. The van der Waals surface area contributed by atoms with Crippen molar-refractivity contribution in [2.45, 2.75) is 6.54 Å². The van der Waals surface area contributed by atoms with Crippen LogP contribution in [0.1, 0.15) is 11.1 Å². The Kier molecular flexibility index (Phi) is 3.17. The zero-order chi connectivity index (χ0) is 13.9. The largest absolute Gasteiger partial charge is 0.303 e. The van der Waals surface area contributed by atoms with Crippen LogP contribution >= 0.6 is 0 Å². The van der Waals surface area contributed by atoms with E-state index in [9.17, 15) is 9.59 Å². The molecule has 98 valence electrons. The Bertz CT molecular complexity index is 689. The molecule has 2 aromatic carbocycles. The minimum absolute atomic E-state index is 0.123. The summed E-state index contributed by atoms with van der Waals surface area (Å²) < 4.78 is 0. The number of allylic oxidation sites excluding steroid dienone is 1. The number of nitrogens with zero attached hydrogens (tertiary/aromatic N) is 1. The number of fused-ring (bicyclic) bond motifs is 1. The summed E-state index contributed by atoms with van der Waals surface area (Å²) >= 11 is 0. The minimum Gasteiger partial charge on any atom is -0.303 e. The molecule has 0 aromatic heterocycles. The van der Waals surface area contributed by atoms with Gasteiger partial charge in [-0.1, -0.05) is 48.5 Å². The summed E-state index contributed by atoms with van der Waals surface area (Å²) in [6.07, 6.45) is 2.00. The summed E-state index contributed by atoms with van der Waals surface area (Å²) in [4.78, 5) is 24.9. The Morgan fingerprint density at radius 1 is 0.950 bits per heavy atom. The van der Waals surface area contributed by atoms with Gasteiger partial charge in [0, 0.05) is 5.56 Å². The molecule has 1 amide bonds. The highest BCUT2D eigenvalue weighted by Crippen LogP contribution is 2.37. The van der Waals surface area contributed by atoms with Gasteiger partial charge in [0.2, 0.25) is 0 Å². The summed E-state index contributed by atoms with van der Waals surface area (Å²) in [6, 6.07) is 17.4. The van der Waals surface area contributed by atoms with Crippen LogP contribution in [0.3, 0.4) is 0 Å². The zero-order valence-corrected chi connectivity index (χ0v) is 10.8. The highest BCUT2D eigenvalue weighted by molar-refractivity contribution is 6.33. The average Bonchev–Trinajstić information content (AvgIpc) is 2.75. The monoisotopic (exact) mass is 263 g/mol. The van der Waals surface area contributed by atoms with E-state index < -0.39 is 0 Å². The van der Waals surface area contributed by atoms with Gasteiger partial charge in [-0.25, -0.2) is 0 Å². The number of hydrogen-bond acceptors (Lipinski definition) is 2. The van der Waals surface area contributed by atoms with Gasteiger partial charge < -0.3 is 4.90 Å². The van der Waals surface area contributed by atoms with Crippen LogP contribution in [0.4, 0.5) is 5.69 Å². The smallest absolute Gasteiger partial charge is 0.259 e. The molecule has 3 heteroatoms. The maximum absolute atomic E-state index is 12.5. The molecular weight excluding hydrogens is 250 g/mol. The number of aldehydes is 1. The standard InChI is InChI=1S/C17H13NO2/c19-11-10-15-14-8-4-5-9-16(14)18(17(15)20)12-13-6-2-1-3-7-13/h1-11H,12H2/b15-10+. The molecule has 0 N–H and O–H groups in total. The number of rotatable bonds is 3. The second-order valence-electron chi connectivity index (χ2n) is 4.61. The highest BCUT2D eigenvalue weighted by Gasteiger charge is 2.31. The zero-order valence-electron chi connectivity index (χ0n) is 10.8. The summed E-state index contributed by atoms with van der Waals surface area (Å²) in [5.74, 6) is -0.123. The quantitative estimate of drug-likeness (QED) is 0.630. The van der Waals surface area contributed by atoms with Crippen LogP contribution in [-0.4, -0.2) is 12.2 Å². The van der Waals surface area contributed by atoms with Crippen LogP contribution in [0.25, 0.3) is 5.57 Å². The van der Waals surface area contributed by atoms with E-state index in [4.69, 9.17) is 0 Å². The van der Waals surface area contributed by atoms with E-state index in [1.165, 1.54) is 6.08 Å². The first kappa shape index (κ1) is 12.4. The molecule has 0 bridgehead atoms. The second kappa shape index (κ2) is 5.13. The van der Waals surface area contributed by atoms with Crippen molar-refractivity contribution in [3.05, 3.63) is 71.8 Å². The fourth-order valence-electron chi connectivity index (χ4n) is 2.46. The number of hydrogen-bond donors (Lipinski definition) is 0. The van der Waals surface area contributed by atoms with Gasteiger partial charge in [-0.2, -0.15) is 0 Å². The lowest BCUT2D eigenvalue weighted by Crippen LogP contribution is -2.25. The molecule has 0 radical (unpaired) electrons. The summed E-state index contributed by atoms with van der Waals surface area (Å²) in [5.41, 5.74) is 3.20. The van der Waals surface area contributed by atoms with E-state index in [0.29, 0.717) is 18.4 Å². The molecule has 0 atom stereocenters. The molecule has 0 spiro atoms.